The summed E-state index contributed by atoms with van der Waals surface area (Å²) in [6.45, 7) is 3.85. The van der Waals surface area contributed by atoms with Crippen LogP contribution in [0.5, 0.6) is 0 Å². The molecule has 0 fully saturated rings. The fourth-order valence-electron chi connectivity index (χ4n) is 1.64. The number of carbonyl (C=O) groups is 1. The summed E-state index contributed by atoms with van der Waals surface area (Å²) in [4.78, 5) is 12.0. The Bertz CT molecular complexity index is 572. The van der Waals surface area contributed by atoms with Crippen LogP contribution in [0.1, 0.15) is 27.4 Å². The molecule has 3 nitrogen and oxygen atoms in total. The average Bonchev–Trinajstić information content (AvgIpc) is 2.70. The molecule has 0 aliphatic carbocycles. The van der Waals surface area contributed by atoms with Crippen molar-refractivity contribution in [2.45, 2.75) is 24.5 Å². The number of carboxylic acids is 1. The molecule has 4 heteroatoms. The lowest BCUT2D eigenvalue weighted by Crippen LogP contribution is -1.91. The van der Waals surface area contributed by atoms with E-state index in [2.05, 4.69) is 19.1 Å². The maximum atomic E-state index is 10.8. The number of furan rings is 1. The minimum absolute atomic E-state index is 0.00730. The van der Waals surface area contributed by atoms with Gasteiger partial charge < -0.3 is 9.52 Å². The van der Waals surface area contributed by atoms with Gasteiger partial charge in [0.25, 0.3) is 0 Å². The van der Waals surface area contributed by atoms with Crippen molar-refractivity contribution in [3.05, 3.63) is 53.0 Å². The number of aromatic carboxylic acids is 1. The van der Waals surface area contributed by atoms with Crippen LogP contribution in [0.3, 0.4) is 0 Å². The highest BCUT2D eigenvalue weighted by Gasteiger charge is 2.13. The van der Waals surface area contributed by atoms with Gasteiger partial charge in [0.05, 0.1) is 0 Å². The zero-order valence-electron chi connectivity index (χ0n) is 10.3. The first-order chi connectivity index (χ1) is 8.58. The molecule has 1 N–H and O–H groups in total. The highest BCUT2D eigenvalue weighted by Crippen LogP contribution is 2.28. The Morgan fingerprint density at radius 3 is 2.67 bits per heavy atom. The lowest BCUT2D eigenvalue weighted by molar-refractivity contribution is 0.0661. The molecule has 0 aliphatic rings. The van der Waals surface area contributed by atoms with Crippen molar-refractivity contribution in [3.8, 4) is 0 Å². The van der Waals surface area contributed by atoms with Crippen LogP contribution in [0.4, 0.5) is 0 Å². The maximum Gasteiger partial charge on any atom is 0.371 e. The van der Waals surface area contributed by atoms with Crippen molar-refractivity contribution in [1.82, 2.24) is 0 Å². The highest BCUT2D eigenvalue weighted by molar-refractivity contribution is 7.98. The second kappa shape index (κ2) is 5.31. The molecule has 0 spiro atoms. The quantitative estimate of drug-likeness (QED) is 0.849. The second-order valence-electron chi connectivity index (χ2n) is 4.05. The Kier molecular flexibility index (Phi) is 3.77. The van der Waals surface area contributed by atoms with Crippen LogP contribution in [0.2, 0.25) is 0 Å². The molecule has 1 aromatic heterocycles. The zero-order valence-corrected chi connectivity index (χ0v) is 11.1. The van der Waals surface area contributed by atoms with Gasteiger partial charge >= 0.3 is 5.97 Å². The van der Waals surface area contributed by atoms with E-state index >= 15 is 0 Å². The van der Waals surface area contributed by atoms with Crippen LogP contribution in [0.15, 0.2) is 39.6 Å². The van der Waals surface area contributed by atoms with Gasteiger partial charge in [-0.3, -0.25) is 0 Å². The maximum absolute atomic E-state index is 10.8. The molecule has 0 atom stereocenters. The number of thioether (sulfide) groups is 1. The van der Waals surface area contributed by atoms with Gasteiger partial charge in [0.15, 0.2) is 0 Å². The van der Waals surface area contributed by atoms with E-state index in [0.717, 1.165) is 5.56 Å². The minimum atomic E-state index is -1.02. The standard InChI is InChI=1S/C14H14O3S/c1-9-5-3-4-6-13(9)18-8-11-7-12(14(15)16)17-10(11)2/h3-7H,8H2,1-2H3,(H,15,16). The van der Waals surface area contributed by atoms with Gasteiger partial charge in [-0.1, -0.05) is 18.2 Å². The predicted molar refractivity (Wildman–Crippen MR) is 71.1 cm³/mol. The summed E-state index contributed by atoms with van der Waals surface area (Å²) >= 11 is 1.69. The molecule has 0 aliphatic heterocycles. The van der Waals surface area contributed by atoms with E-state index < -0.39 is 5.97 Å². The molecule has 0 saturated heterocycles. The van der Waals surface area contributed by atoms with Gasteiger partial charge in [-0.25, -0.2) is 4.79 Å². The number of hydrogen-bond acceptors (Lipinski definition) is 3. The Labute approximate surface area is 110 Å². The van der Waals surface area contributed by atoms with Crippen LogP contribution in [-0.2, 0) is 5.75 Å². The molecule has 94 valence electrons. The minimum Gasteiger partial charge on any atom is -0.475 e. The molecule has 1 aromatic carbocycles. The van der Waals surface area contributed by atoms with Gasteiger partial charge in [-0.2, -0.15) is 0 Å². The van der Waals surface area contributed by atoms with Gasteiger partial charge in [-0.05, 0) is 31.5 Å². The fraction of sp³-hybridized carbons (Fsp3) is 0.214. The van der Waals surface area contributed by atoms with Crippen molar-refractivity contribution in [2.75, 3.05) is 0 Å². The van der Waals surface area contributed by atoms with Crippen molar-refractivity contribution in [2.24, 2.45) is 0 Å². The molecule has 0 bridgehead atoms. The summed E-state index contributed by atoms with van der Waals surface area (Å²) in [6.07, 6.45) is 0. The van der Waals surface area contributed by atoms with E-state index in [9.17, 15) is 4.79 Å². The predicted octanol–water partition coefficient (Wildman–Crippen LogP) is 3.89. The van der Waals surface area contributed by atoms with Crippen molar-refractivity contribution in [1.29, 1.82) is 0 Å². The molecule has 1 heterocycles. The third kappa shape index (κ3) is 2.76. The molecule has 2 rings (SSSR count). The first-order valence-corrected chi connectivity index (χ1v) is 6.57. The van der Waals surface area contributed by atoms with Gasteiger partial charge in [0, 0.05) is 16.2 Å². The number of carboxylic acid groups (broad SMARTS) is 1. The summed E-state index contributed by atoms with van der Waals surface area (Å²) in [7, 11) is 0. The van der Waals surface area contributed by atoms with Crippen LogP contribution in [-0.4, -0.2) is 11.1 Å². The van der Waals surface area contributed by atoms with Crippen molar-refractivity contribution < 1.29 is 14.3 Å². The first kappa shape index (κ1) is 12.8. The van der Waals surface area contributed by atoms with Gasteiger partial charge in [0.1, 0.15) is 5.76 Å². The molecule has 18 heavy (non-hydrogen) atoms. The fourth-order valence-corrected chi connectivity index (χ4v) is 2.71. The first-order valence-electron chi connectivity index (χ1n) is 5.59. The van der Waals surface area contributed by atoms with E-state index in [-0.39, 0.29) is 5.76 Å². The second-order valence-corrected chi connectivity index (χ2v) is 5.07. The average molecular weight is 262 g/mol. The largest absolute Gasteiger partial charge is 0.475 e. The Hall–Kier alpha value is -1.68. The van der Waals surface area contributed by atoms with E-state index in [4.69, 9.17) is 9.52 Å². The zero-order chi connectivity index (χ0) is 13.1. The monoisotopic (exact) mass is 262 g/mol. The van der Waals surface area contributed by atoms with Crippen LogP contribution in [0.25, 0.3) is 0 Å². The number of aryl methyl sites for hydroxylation is 2. The number of benzene rings is 1. The van der Waals surface area contributed by atoms with E-state index in [1.54, 1.807) is 24.8 Å². The molecular formula is C14H14O3S. The summed E-state index contributed by atoms with van der Waals surface area (Å²) in [5.41, 5.74) is 2.16. The van der Waals surface area contributed by atoms with Crippen LogP contribution >= 0.6 is 11.8 Å². The van der Waals surface area contributed by atoms with E-state index in [1.165, 1.54) is 10.5 Å². The van der Waals surface area contributed by atoms with Crippen LogP contribution in [0, 0.1) is 13.8 Å². The summed E-state index contributed by atoms with van der Waals surface area (Å²) in [5.74, 6) is 0.375. The van der Waals surface area contributed by atoms with Crippen molar-refractivity contribution in [3.63, 3.8) is 0 Å². The molecular weight excluding hydrogens is 248 g/mol. The third-order valence-corrected chi connectivity index (χ3v) is 3.93. The van der Waals surface area contributed by atoms with Crippen LogP contribution < -0.4 is 0 Å². The lowest BCUT2D eigenvalue weighted by Gasteiger charge is -2.03. The van der Waals surface area contributed by atoms with E-state index in [0.29, 0.717) is 11.5 Å². The molecule has 0 saturated carbocycles. The lowest BCUT2D eigenvalue weighted by atomic mass is 10.2. The molecule has 2 aromatic rings. The summed E-state index contributed by atoms with van der Waals surface area (Å²) < 4.78 is 5.18. The van der Waals surface area contributed by atoms with Crippen molar-refractivity contribution >= 4 is 17.7 Å². The molecule has 0 radical (unpaired) electrons. The summed E-state index contributed by atoms with van der Waals surface area (Å²) in [5, 5.41) is 8.85. The normalized spacial score (nSPS) is 10.6. The molecule has 0 amide bonds. The number of hydrogen-bond donors (Lipinski definition) is 1. The third-order valence-electron chi connectivity index (χ3n) is 2.71. The Morgan fingerprint density at radius 1 is 1.33 bits per heavy atom. The van der Waals surface area contributed by atoms with Gasteiger partial charge in [-0.15, -0.1) is 11.8 Å². The topological polar surface area (TPSA) is 50.4 Å². The Morgan fingerprint density at radius 2 is 2.06 bits per heavy atom. The molecule has 0 unspecified atom stereocenters. The Balaban J connectivity index is 2.11. The summed E-state index contributed by atoms with van der Waals surface area (Å²) in [6, 6.07) is 9.73. The highest BCUT2D eigenvalue weighted by atomic mass is 32.2. The number of rotatable bonds is 4. The van der Waals surface area contributed by atoms with E-state index in [1.807, 2.05) is 12.1 Å². The SMILES string of the molecule is Cc1ccccc1SCc1cc(C(=O)O)oc1C. The van der Waals surface area contributed by atoms with Gasteiger partial charge in [0.2, 0.25) is 5.76 Å². The smallest absolute Gasteiger partial charge is 0.371 e.